The topological polar surface area (TPSA) is 85.3 Å². The van der Waals surface area contributed by atoms with Crippen molar-refractivity contribution in [1.29, 1.82) is 0 Å². The summed E-state index contributed by atoms with van der Waals surface area (Å²) in [6.45, 7) is 0.581. The van der Waals surface area contributed by atoms with Gasteiger partial charge >= 0.3 is 0 Å². The number of amidine groups is 1. The Kier molecular flexibility index (Phi) is 4.70. The summed E-state index contributed by atoms with van der Waals surface area (Å²) >= 11 is 1.37. The van der Waals surface area contributed by atoms with Crippen molar-refractivity contribution in [3.63, 3.8) is 0 Å². The van der Waals surface area contributed by atoms with Gasteiger partial charge in [0.15, 0.2) is 15.0 Å². The SMILES string of the molecule is COc1cccc(N2C(=NC(=O)[C@H]3CCCO3)S[C@@H]3CS(=O)(=O)C[C@@H]32)c1. The standard InChI is InChI=1S/C17H20N2O5S2/c1-23-12-5-2-4-11(8-12)19-13-9-26(21,22)10-15(13)25-17(19)18-16(20)14-6-3-7-24-14/h2,4-5,8,13-15H,3,6-7,9-10H2,1H3/t13-,14+,15+/m0/s1. The van der Waals surface area contributed by atoms with Crippen molar-refractivity contribution in [2.45, 2.75) is 30.2 Å². The fourth-order valence-corrected chi connectivity index (χ4v) is 7.48. The number of carbonyl (C=O) groups is 1. The molecule has 0 bridgehead atoms. The monoisotopic (exact) mass is 396 g/mol. The maximum Gasteiger partial charge on any atom is 0.277 e. The minimum absolute atomic E-state index is 0.0645. The number of ether oxygens (including phenoxy) is 2. The third-order valence-electron chi connectivity index (χ3n) is 4.81. The molecule has 0 radical (unpaired) electrons. The molecule has 0 aliphatic carbocycles. The number of anilines is 1. The quantitative estimate of drug-likeness (QED) is 0.765. The molecule has 0 aromatic heterocycles. The Morgan fingerprint density at radius 3 is 2.96 bits per heavy atom. The first kappa shape index (κ1) is 17.8. The van der Waals surface area contributed by atoms with Crippen LogP contribution in [0.2, 0.25) is 0 Å². The molecular weight excluding hydrogens is 376 g/mol. The van der Waals surface area contributed by atoms with Gasteiger partial charge in [-0.25, -0.2) is 8.42 Å². The zero-order valence-corrected chi connectivity index (χ0v) is 16.0. The molecule has 3 saturated heterocycles. The van der Waals surface area contributed by atoms with E-state index in [4.69, 9.17) is 9.47 Å². The number of nitrogens with zero attached hydrogens (tertiary/aromatic N) is 2. The first-order chi connectivity index (χ1) is 12.5. The van der Waals surface area contributed by atoms with Gasteiger partial charge in [0.05, 0.1) is 24.7 Å². The molecule has 3 atom stereocenters. The summed E-state index contributed by atoms with van der Waals surface area (Å²) in [5.74, 6) is 0.549. The molecule has 1 amide bonds. The molecule has 3 aliphatic rings. The maximum absolute atomic E-state index is 12.5. The molecule has 4 rings (SSSR count). The van der Waals surface area contributed by atoms with E-state index in [1.807, 2.05) is 29.2 Å². The van der Waals surface area contributed by atoms with Crippen molar-refractivity contribution < 1.29 is 22.7 Å². The van der Waals surface area contributed by atoms with Crippen LogP contribution >= 0.6 is 11.8 Å². The number of benzene rings is 1. The van der Waals surface area contributed by atoms with Crippen molar-refractivity contribution in [3.05, 3.63) is 24.3 Å². The highest BCUT2D eigenvalue weighted by Gasteiger charge is 2.49. The minimum atomic E-state index is -3.09. The van der Waals surface area contributed by atoms with Crippen LogP contribution in [0.5, 0.6) is 5.75 Å². The van der Waals surface area contributed by atoms with Gasteiger partial charge in [-0.15, -0.1) is 0 Å². The number of methoxy groups -OCH3 is 1. The summed E-state index contributed by atoms with van der Waals surface area (Å²) in [5.41, 5.74) is 0.778. The molecule has 0 spiro atoms. The highest BCUT2D eigenvalue weighted by atomic mass is 32.2. The molecule has 0 unspecified atom stereocenters. The minimum Gasteiger partial charge on any atom is -0.497 e. The van der Waals surface area contributed by atoms with Crippen molar-refractivity contribution in [3.8, 4) is 5.75 Å². The largest absolute Gasteiger partial charge is 0.497 e. The van der Waals surface area contributed by atoms with Gasteiger partial charge in [0.25, 0.3) is 5.91 Å². The number of hydrogen-bond donors (Lipinski definition) is 0. The highest BCUT2D eigenvalue weighted by molar-refractivity contribution is 8.16. The van der Waals surface area contributed by atoms with E-state index in [9.17, 15) is 13.2 Å². The smallest absolute Gasteiger partial charge is 0.277 e. The number of aliphatic imine (C=N–C) groups is 1. The number of hydrogen-bond acceptors (Lipinski definition) is 6. The van der Waals surface area contributed by atoms with Gasteiger partial charge in [0.1, 0.15) is 11.9 Å². The Morgan fingerprint density at radius 2 is 2.23 bits per heavy atom. The summed E-state index contributed by atoms with van der Waals surface area (Å²) in [6, 6.07) is 7.15. The van der Waals surface area contributed by atoms with E-state index < -0.39 is 15.9 Å². The summed E-state index contributed by atoms with van der Waals surface area (Å²) in [4.78, 5) is 18.6. The van der Waals surface area contributed by atoms with Crippen molar-refractivity contribution in [1.82, 2.24) is 0 Å². The summed E-state index contributed by atoms with van der Waals surface area (Å²) in [7, 11) is -1.51. The van der Waals surface area contributed by atoms with Crippen molar-refractivity contribution >= 4 is 38.4 Å². The molecule has 3 aliphatic heterocycles. The molecule has 7 nitrogen and oxygen atoms in total. The summed E-state index contributed by atoms with van der Waals surface area (Å²) in [6.07, 6.45) is 1.05. The Hall–Kier alpha value is -1.58. The van der Waals surface area contributed by atoms with E-state index in [1.165, 1.54) is 11.8 Å². The number of amides is 1. The normalized spacial score (nSPS) is 31.3. The summed E-state index contributed by atoms with van der Waals surface area (Å²) in [5, 5.41) is 0.422. The average Bonchev–Trinajstić information content (AvgIpc) is 3.29. The highest BCUT2D eigenvalue weighted by Crippen LogP contribution is 2.41. The predicted molar refractivity (Wildman–Crippen MR) is 101 cm³/mol. The Balaban J connectivity index is 1.69. The molecule has 3 heterocycles. The lowest BCUT2D eigenvalue weighted by Gasteiger charge is -2.25. The van der Waals surface area contributed by atoms with Crippen LogP contribution in [0, 0.1) is 0 Å². The Morgan fingerprint density at radius 1 is 1.38 bits per heavy atom. The Labute approximate surface area is 156 Å². The maximum atomic E-state index is 12.5. The summed E-state index contributed by atoms with van der Waals surface area (Å²) < 4.78 is 34.9. The zero-order valence-electron chi connectivity index (χ0n) is 14.3. The van der Waals surface area contributed by atoms with Crippen molar-refractivity contribution in [2.75, 3.05) is 30.1 Å². The lowest BCUT2D eigenvalue weighted by Crippen LogP contribution is -2.38. The third kappa shape index (κ3) is 3.35. The fourth-order valence-electron chi connectivity index (χ4n) is 3.57. The Bertz CT molecular complexity index is 848. The van der Waals surface area contributed by atoms with Gasteiger partial charge in [0, 0.05) is 23.6 Å². The third-order valence-corrected chi connectivity index (χ3v) is 8.02. The zero-order chi connectivity index (χ0) is 18.3. The first-order valence-corrected chi connectivity index (χ1v) is 11.2. The van der Waals surface area contributed by atoms with E-state index in [2.05, 4.69) is 4.99 Å². The number of sulfone groups is 1. The van der Waals surface area contributed by atoms with Crippen LogP contribution in [0.1, 0.15) is 12.8 Å². The van der Waals surface area contributed by atoms with E-state index in [0.29, 0.717) is 23.9 Å². The second-order valence-electron chi connectivity index (χ2n) is 6.61. The number of fused-ring (bicyclic) bond motifs is 1. The predicted octanol–water partition coefficient (Wildman–Crippen LogP) is 1.48. The van der Waals surface area contributed by atoms with Gasteiger partial charge < -0.3 is 14.4 Å². The van der Waals surface area contributed by atoms with Crippen LogP contribution in [0.25, 0.3) is 0 Å². The molecule has 0 N–H and O–H groups in total. The van der Waals surface area contributed by atoms with Gasteiger partial charge in [-0.3, -0.25) is 4.79 Å². The van der Waals surface area contributed by atoms with E-state index in [1.54, 1.807) is 7.11 Å². The van der Waals surface area contributed by atoms with Crippen molar-refractivity contribution in [2.24, 2.45) is 4.99 Å². The van der Waals surface area contributed by atoms with Gasteiger partial charge in [-0.05, 0) is 25.0 Å². The number of thioether (sulfide) groups is 1. The average molecular weight is 396 g/mol. The van der Waals surface area contributed by atoms with Crippen LogP contribution < -0.4 is 9.64 Å². The van der Waals surface area contributed by atoms with Crippen LogP contribution in [0.3, 0.4) is 0 Å². The van der Waals surface area contributed by atoms with Crippen LogP contribution in [0.15, 0.2) is 29.3 Å². The number of rotatable bonds is 3. The lowest BCUT2D eigenvalue weighted by atomic mass is 10.2. The molecule has 1 aromatic carbocycles. The first-order valence-electron chi connectivity index (χ1n) is 8.51. The molecule has 3 fully saturated rings. The van der Waals surface area contributed by atoms with E-state index in [-0.39, 0.29) is 28.7 Å². The molecule has 140 valence electrons. The molecule has 1 aromatic rings. The van der Waals surface area contributed by atoms with Gasteiger partial charge in [-0.2, -0.15) is 4.99 Å². The second kappa shape index (κ2) is 6.86. The van der Waals surface area contributed by atoms with Crippen LogP contribution in [-0.4, -0.2) is 62.1 Å². The second-order valence-corrected chi connectivity index (χ2v) is 9.97. The van der Waals surface area contributed by atoms with E-state index >= 15 is 0 Å². The van der Waals surface area contributed by atoms with Crippen LogP contribution in [0.4, 0.5) is 5.69 Å². The number of carbonyl (C=O) groups excluding carboxylic acids is 1. The molecule has 26 heavy (non-hydrogen) atoms. The van der Waals surface area contributed by atoms with E-state index in [0.717, 1.165) is 12.1 Å². The van der Waals surface area contributed by atoms with Crippen LogP contribution in [-0.2, 0) is 19.4 Å². The van der Waals surface area contributed by atoms with Gasteiger partial charge in [0.2, 0.25) is 0 Å². The van der Waals surface area contributed by atoms with Gasteiger partial charge in [-0.1, -0.05) is 17.8 Å². The molecular formula is C17H20N2O5S2. The molecule has 0 saturated carbocycles. The fraction of sp³-hybridized carbons (Fsp3) is 0.529. The lowest BCUT2D eigenvalue weighted by molar-refractivity contribution is -0.126. The molecule has 9 heteroatoms.